The molecule has 0 bridgehead atoms. The largest absolute Gasteiger partial charge is 0.385 e. The van der Waals surface area contributed by atoms with Crippen molar-refractivity contribution in [3.63, 3.8) is 0 Å². The molecule has 2 aromatic rings. The molecular formula is C16H18O2. The first-order valence-corrected chi connectivity index (χ1v) is 6.08. The Kier molecular flexibility index (Phi) is 3.80. The fourth-order valence-corrected chi connectivity index (χ4v) is 1.96. The van der Waals surface area contributed by atoms with E-state index < -0.39 is 12.2 Å². The smallest absolute Gasteiger partial charge is 0.109 e. The van der Waals surface area contributed by atoms with Gasteiger partial charge in [0.1, 0.15) is 12.2 Å². The number of hydrogen-bond donors (Lipinski definition) is 2. The average Bonchev–Trinajstić information content (AvgIpc) is 2.41. The van der Waals surface area contributed by atoms with Crippen LogP contribution in [-0.2, 0) is 0 Å². The van der Waals surface area contributed by atoms with Crippen LogP contribution in [0.1, 0.15) is 34.5 Å². The van der Waals surface area contributed by atoms with Gasteiger partial charge >= 0.3 is 0 Å². The summed E-state index contributed by atoms with van der Waals surface area (Å²) in [6, 6.07) is 15.0. The lowest BCUT2D eigenvalue weighted by atomic mass is 9.96. The summed E-state index contributed by atoms with van der Waals surface area (Å²) in [5.74, 6) is 0. The minimum Gasteiger partial charge on any atom is -0.385 e. The maximum absolute atomic E-state index is 10.2. The highest BCUT2D eigenvalue weighted by molar-refractivity contribution is 5.32. The number of aryl methyl sites for hydroxylation is 2. The van der Waals surface area contributed by atoms with Gasteiger partial charge in [0.2, 0.25) is 0 Å². The molecule has 0 spiro atoms. The van der Waals surface area contributed by atoms with Crippen LogP contribution < -0.4 is 0 Å². The Balaban J connectivity index is 2.25. The second-order valence-electron chi connectivity index (χ2n) is 4.64. The summed E-state index contributed by atoms with van der Waals surface area (Å²) < 4.78 is 0. The molecule has 2 N–H and O–H groups in total. The molecule has 94 valence electrons. The lowest BCUT2D eigenvalue weighted by molar-refractivity contribution is 0.0172. The lowest BCUT2D eigenvalue weighted by Crippen LogP contribution is -2.10. The zero-order valence-corrected chi connectivity index (χ0v) is 10.7. The highest BCUT2D eigenvalue weighted by Gasteiger charge is 2.20. The van der Waals surface area contributed by atoms with Crippen molar-refractivity contribution < 1.29 is 10.2 Å². The highest BCUT2D eigenvalue weighted by atomic mass is 16.3. The fraction of sp³-hybridized carbons (Fsp3) is 0.250. The molecule has 2 heteroatoms. The van der Waals surface area contributed by atoms with Crippen LogP contribution in [0.4, 0.5) is 0 Å². The summed E-state index contributed by atoms with van der Waals surface area (Å²) >= 11 is 0. The molecule has 0 radical (unpaired) electrons. The third-order valence-electron chi connectivity index (χ3n) is 3.31. The Morgan fingerprint density at radius 1 is 0.722 bits per heavy atom. The second-order valence-corrected chi connectivity index (χ2v) is 4.64. The van der Waals surface area contributed by atoms with Crippen molar-refractivity contribution in [2.45, 2.75) is 26.1 Å². The van der Waals surface area contributed by atoms with E-state index in [-0.39, 0.29) is 0 Å². The van der Waals surface area contributed by atoms with Crippen LogP contribution >= 0.6 is 0 Å². The number of hydrogen-bond acceptors (Lipinski definition) is 2. The Morgan fingerprint density at radius 3 is 1.94 bits per heavy atom. The first-order valence-electron chi connectivity index (χ1n) is 6.08. The Hall–Kier alpha value is -1.64. The molecule has 18 heavy (non-hydrogen) atoms. The standard InChI is InChI=1S/C16H18O2/c1-11-8-9-14(10-12(11)2)16(18)15(17)13-6-4-3-5-7-13/h3-10,15-18H,1-2H3. The van der Waals surface area contributed by atoms with Gasteiger partial charge in [0, 0.05) is 0 Å². The fourth-order valence-electron chi connectivity index (χ4n) is 1.96. The molecule has 2 nitrogen and oxygen atoms in total. The van der Waals surface area contributed by atoms with Gasteiger partial charge in [-0.25, -0.2) is 0 Å². The van der Waals surface area contributed by atoms with Crippen LogP contribution in [-0.4, -0.2) is 10.2 Å². The zero-order chi connectivity index (χ0) is 13.1. The van der Waals surface area contributed by atoms with Crippen molar-refractivity contribution >= 4 is 0 Å². The molecule has 0 saturated carbocycles. The maximum Gasteiger partial charge on any atom is 0.109 e. The van der Waals surface area contributed by atoms with E-state index in [2.05, 4.69) is 0 Å². The van der Waals surface area contributed by atoms with E-state index in [0.717, 1.165) is 16.7 Å². The lowest BCUT2D eigenvalue weighted by Gasteiger charge is -2.19. The van der Waals surface area contributed by atoms with Crippen molar-refractivity contribution in [1.29, 1.82) is 0 Å². The minimum atomic E-state index is -0.897. The summed E-state index contributed by atoms with van der Waals surface area (Å²) in [5, 5.41) is 20.4. The first-order chi connectivity index (χ1) is 8.59. The summed E-state index contributed by atoms with van der Waals surface area (Å²) in [6.45, 7) is 4.03. The zero-order valence-electron chi connectivity index (χ0n) is 10.7. The molecule has 0 saturated heterocycles. The van der Waals surface area contributed by atoms with Crippen LogP contribution in [0.2, 0.25) is 0 Å². The van der Waals surface area contributed by atoms with E-state index in [0.29, 0.717) is 0 Å². The topological polar surface area (TPSA) is 40.5 Å². The molecular weight excluding hydrogens is 224 g/mol. The van der Waals surface area contributed by atoms with Crippen LogP contribution in [0.5, 0.6) is 0 Å². The summed E-state index contributed by atoms with van der Waals surface area (Å²) in [4.78, 5) is 0. The number of aliphatic hydroxyl groups is 2. The van der Waals surface area contributed by atoms with Gasteiger partial charge < -0.3 is 10.2 Å². The third-order valence-corrected chi connectivity index (χ3v) is 3.31. The molecule has 0 aliphatic rings. The quantitative estimate of drug-likeness (QED) is 0.868. The molecule has 0 amide bonds. The molecule has 2 atom stereocenters. The van der Waals surface area contributed by atoms with Crippen molar-refractivity contribution in [3.8, 4) is 0 Å². The Labute approximate surface area is 108 Å². The van der Waals surface area contributed by atoms with E-state index in [9.17, 15) is 10.2 Å². The molecule has 0 aliphatic heterocycles. The normalized spacial score (nSPS) is 14.2. The van der Waals surface area contributed by atoms with Crippen LogP contribution in [0.25, 0.3) is 0 Å². The van der Waals surface area contributed by atoms with E-state index in [1.165, 1.54) is 5.56 Å². The second kappa shape index (κ2) is 5.34. The number of rotatable bonds is 3. The minimum absolute atomic E-state index is 0.725. The number of aliphatic hydroxyl groups excluding tert-OH is 2. The van der Waals surface area contributed by atoms with Crippen LogP contribution in [0.15, 0.2) is 48.5 Å². The number of benzene rings is 2. The van der Waals surface area contributed by atoms with Gasteiger partial charge in [0.05, 0.1) is 0 Å². The van der Waals surface area contributed by atoms with Gasteiger partial charge in [-0.2, -0.15) is 0 Å². The van der Waals surface area contributed by atoms with Gasteiger partial charge in [-0.1, -0.05) is 48.5 Å². The molecule has 2 unspecified atom stereocenters. The van der Waals surface area contributed by atoms with Gasteiger partial charge in [-0.05, 0) is 36.1 Å². The molecule has 2 rings (SSSR count). The Morgan fingerprint density at radius 2 is 1.33 bits per heavy atom. The summed E-state index contributed by atoms with van der Waals surface area (Å²) in [7, 11) is 0. The van der Waals surface area contributed by atoms with Gasteiger partial charge in [0.25, 0.3) is 0 Å². The predicted molar refractivity (Wildman–Crippen MR) is 72.3 cm³/mol. The Bertz CT molecular complexity index is 520. The van der Waals surface area contributed by atoms with E-state index in [4.69, 9.17) is 0 Å². The van der Waals surface area contributed by atoms with Gasteiger partial charge in [-0.15, -0.1) is 0 Å². The average molecular weight is 242 g/mol. The van der Waals surface area contributed by atoms with E-state index in [1.54, 1.807) is 0 Å². The molecule has 0 aliphatic carbocycles. The van der Waals surface area contributed by atoms with E-state index >= 15 is 0 Å². The van der Waals surface area contributed by atoms with Gasteiger partial charge in [0.15, 0.2) is 0 Å². The summed E-state index contributed by atoms with van der Waals surface area (Å²) in [6.07, 6.45) is -1.79. The monoisotopic (exact) mass is 242 g/mol. The van der Waals surface area contributed by atoms with Gasteiger partial charge in [-0.3, -0.25) is 0 Å². The maximum atomic E-state index is 10.2. The molecule has 0 heterocycles. The molecule has 0 aromatic heterocycles. The van der Waals surface area contributed by atoms with Crippen molar-refractivity contribution in [2.24, 2.45) is 0 Å². The van der Waals surface area contributed by atoms with Crippen LogP contribution in [0, 0.1) is 13.8 Å². The van der Waals surface area contributed by atoms with Crippen LogP contribution in [0.3, 0.4) is 0 Å². The molecule has 0 fully saturated rings. The molecule has 2 aromatic carbocycles. The SMILES string of the molecule is Cc1ccc(C(O)C(O)c2ccccc2)cc1C. The van der Waals surface area contributed by atoms with E-state index in [1.807, 2.05) is 62.4 Å². The third kappa shape index (κ3) is 2.61. The van der Waals surface area contributed by atoms with Crippen molar-refractivity contribution in [3.05, 3.63) is 70.8 Å². The predicted octanol–water partition coefficient (Wildman–Crippen LogP) is 3.07. The highest BCUT2D eigenvalue weighted by Crippen LogP contribution is 2.29. The first kappa shape index (κ1) is 12.8. The van der Waals surface area contributed by atoms with Crippen molar-refractivity contribution in [1.82, 2.24) is 0 Å². The summed E-state index contributed by atoms with van der Waals surface area (Å²) in [5.41, 5.74) is 3.77. The van der Waals surface area contributed by atoms with Crippen molar-refractivity contribution in [2.75, 3.05) is 0 Å².